The number of rotatable bonds is 2. The van der Waals surface area contributed by atoms with E-state index in [0.29, 0.717) is 18.5 Å². The second-order valence-electron chi connectivity index (χ2n) is 6.32. The van der Waals surface area contributed by atoms with Crippen molar-refractivity contribution < 1.29 is 14.3 Å². The summed E-state index contributed by atoms with van der Waals surface area (Å²) in [7, 11) is 1.65. The van der Waals surface area contributed by atoms with Crippen molar-refractivity contribution in [3.8, 4) is 11.6 Å². The van der Waals surface area contributed by atoms with Crippen LogP contribution in [0.5, 0.6) is 11.6 Å². The maximum absolute atomic E-state index is 12.6. The van der Waals surface area contributed by atoms with Gasteiger partial charge in [0.05, 0.1) is 19.2 Å². The molecule has 2 heterocycles. The number of fused-ring (bicyclic) bond motifs is 2. The lowest BCUT2D eigenvalue weighted by molar-refractivity contribution is -0.141. The fourth-order valence-corrected chi connectivity index (χ4v) is 3.24. The molecular weight excluding hydrogens is 292 g/mol. The highest BCUT2D eigenvalue weighted by Crippen LogP contribution is 2.33. The first kappa shape index (κ1) is 14.3. The fraction of sp³-hybridized carbons (Fsp3) is 0.444. The standard InChI is InChI=1S/C18H20N2O3/c1-11-18(21)20(14-4-3-5-14)10-13-8-12-9-15(22-2)6-7-16(12)19-17(13)23-11/h6-9,11,14H,3-5,10H2,1-2H3/t11-/m0/s1. The summed E-state index contributed by atoms with van der Waals surface area (Å²) in [5.41, 5.74) is 1.82. The summed E-state index contributed by atoms with van der Waals surface area (Å²) in [6.07, 6.45) is 2.88. The van der Waals surface area contributed by atoms with Crippen LogP contribution >= 0.6 is 0 Å². The lowest BCUT2D eigenvalue weighted by Crippen LogP contribution is -2.47. The highest BCUT2D eigenvalue weighted by Gasteiger charge is 2.35. The summed E-state index contributed by atoms with van der Waals surface area (Å²) in [4.78, 5) is 19.2. The van der Waals surface area contributed by atoms with Gasteiger partial charge in [0, 0.05) is 17.0 Å². The first-order valence-electron chi connectivity index (χ1n) is 8.10. The lowest BCUT2D eigenvalue weighted by atomic mass is 9.91. The molecule has 1 aromatic carbocycles. The van der Waals surface area contributed by atoms with Gasteiger partial charge < -0.3 is 14.4 Å². The van der Waals surface area contributed by atoms with Crippen molar-refractivity contribution in [2.45, 2.75) is 44.9 Å². The third-order valence-electron chi connectivity index (χ3n) is 4.84. The number of benzene rings is 1. The van der Waals surface area contributed by atoms with Crippen molar-refractivity contribution in [2.24, 2.45) is 0 Å². The van der Waals surface area contributed by atoms with Crippen LogP contribution in [-0.4, -0.2) is 35.0 Å². The predicted octanol–water partition coefficient (Wildman–Crippen LogP) is 2.91. The summed E-state index contributed by atoms with van der Waals surface area (Å²) >= 11 is 0. The fourth-order valence-electron chi connectivity index (χ4n) is 3.24. The molecule has 1 aliphatic heterocycles. The quantitative estimate of drug-likeness (QED) is 0.855. The number of amides is 1. The van der Waals surface area contributed by atoms with E-state index in [1.807, 2.05) is 30.0 Å². The van der Waals surface area contributed by atoms with Gasteiger partial charge in [-0.2, -0.15) is 0 Å². The molecule has 0 spiro atoms. The van der Waals surface area contributed by atoms with Crippen molar-refractivity contribution in [1.82, 2.24) is 9.88 Å². The summed E-state index contributed by atoms with van der Waals surface area (Å²) in [5, 5.41) is 1.00. The van der Waals surface area contributed by atoms with E-state index in [1.165, 1.54) is 6.42 Å². The number of nitrogens with zero attached hydrogens (tertiary/aromatic N) is 2. The van der Waals surface area contributed by atoms with Crippen LogP contribution in [-0.2, 0) is 11.3 Å². The Morgan fingerprint density at radius 2 is 2.13 bits per heavy atom. The molecule has 120 valence electrons. The molecule has 0 N–H and O–H groups in total. The number of carbonyl (C=O) groups excluding carboxylic acids is 1. The van der Waals surface area contributed by atoms with Gasteiger partial charge in [-0.15, -0.1) is 0 Å². The minimum absolute atomic E-state index is 0.0642. The van der Waals surface area contributed by atoms with E-state index in [-0.39, 0.29) is 5.91 Å². The zero-order valence-corrected chi connectivity index (χ0v) is 13.4. The summed E-state index contributed by atoms with van der Waals surface area (Å²) in [5.74, 6) is 1.44. The van der Waals surface area contributed by atoms with E-state index in [4.69, 9.17) is 9.47 Å². The van der Waals surface area contributed by atoms with Crippen LogP contribution in [0, 0.1) is 0 Å². The van der Waals surface area contributed by atoms with Gasteiger partial charge in [0.2, 0.25) is 5.88 Å². The van der Waals surface area contributed by atoms with Crippen LogP contribution in [0.3, 0.4) is 0 Å². The smallest absolute Gasteiger partial charge is 0.263 e. The SMILES string of the molecule is COc1ccc2nc3c(cc2c1)CN(C1CCC1)C(=O)[C@H](C)O3. The molecule has 1 fully saturated rings. The number of pyridine rings is 1. The largest absolute Gasteiger partial charge is 0.497 e. The zero-order valence-electron chi connectivity index (χ0n) is 13.4. The Kier molecular flexibility index (Phi) is 3.36. The molecule has 0 radical (unpaired) electrons. The normalized spacial score (nSPS) is 21.4. The van der Waals surface area contributed by atoms with E-state index >= 15 is 0 Å². The Morgan fingerprint density at radius 1 is 1.30 bits per heavy atom. The Labute approximate surface area is 135 Å². The number of aromatic nitrogens is 1. The first-order chi connectivity index (χ1) is 11.2. The predicted molar refractivity (Wildman–Crippen MR) is 86.6 cm³/mol. The number of hydrogen-bond acceptors (Lipinski definition) is 4. The molecule has 2 aromatic rings. The maximum Gasteiger partial charge on any atom is 0.263 e. The van der Waals surface area contributed by atoms with Crippen LogP contribution in [0.15, 0.2) is 24.3 Å². The van der Waals surface area contributed by atoms with Crippen molar-refractivity contribution in [3.05, 3.63) is 29.8 Å². The summed E-state index contributed by atoms with van der Waals surface area (Å²) in [6, 6.07) is 8.18. The highest BCUT2D eigenvalue weighted by atomic mass is 16.5. The second-order valence-corrected chi connectivity index (χ2v) is 6.32. The molecule has 1 atom stereocenters. The molecular formula is C18H20N2O3. The Hall–Kier alpha value is -2.30. The molecule has 5 nitrogen and oxygen atoms in total. The van der Waals surface area contributed by atoms with E-state index in [9.17, 15) is 4.79 Å². The average molecular weight is 312 g/mol. The van der Waals surface area contributed by atoms with Gasteiger partial charge in [-0.3, -0.25) is 4.79 Å². The molecule has 0 saturated heterocycles. The third-order valence-corrected chi connectivity index (χ3v) is 4.84. The molecule has 4 rings (SSSR count). The van der Waals surface area contributed by atoms with E-state index in [1.54, 1.807) is 7.11 Å². The number of hydrogen-bond donors (Lipinski definition) is 0. The zero-order chi connectivity index (χ0) is 16.0. The van der Waals surface area contributed by atoms with Gasteiger partial charge in [0.15, 0.2) is 6.10 Å². The molecule has 23 heavy (non-hydrogen) atoms. The second kappa shape index (κ2) is 5.41. The molecule has 5 heteroatoms. The van der Waals surface area contributed by atoms with Gasteiger partial charge in [0.1, 0.15) is 5.75 Å². The topological polar surface area (TPSA) is 51.7 Å². The van der Waals surface area contributed by atoms with Crippen LogP contribution in [0.1, 0.15) is 31.7 Å². The Bertz CT molecular complexity index is 770. The van der Waals surface area contributed by atoms with Crippen molar-refractivity contribution >= 4 is 16.8 Å². The van der Waals surface area contributed by atoms with Crippen molar-refractivity contribution in [1.29, 1.82) is 0 Å². The van der Waals surface area contributed by atoms with E-state index in [2.05, 4.69) is 11.1 Å². The Morgan fingerprint density at radius 3 is 2.83 bits per heavy atom. The van der Waals surface area contributed by atoms with Crippen LogP contribution in [0.25, 0.3) is 10.9 Å². The number of ether oxygens (including phenoxy) is 2. The van der Waals surface area contributed by atoms with E-state index in [0.717, 1.165) is 35.1 Å². The summed E-state index contributed by atoms with van der Waals surface area (Å²) in [6.45, 7) is 2.38. The summed E-state index contributed by atoms with van der Waals surface area (Å²) < 4.78 is 11.1. The van der Waals surface area contributed by atoms with Gasteiger partial charge in [-0.25, -0.2) is 4.98 Å². The molecule has 2 aliphatic rings. The molecule has 1 aromatic heterocycles. The molecule has 1 aliphatic carbocycles. The molecule has 0 bridgehead atoms. The molecule has 1 amide bonds. The number of methoxy groups -OCH3 is 1. The lowest BCUT2D eigenvalue weighted by Gasteiger charge is -2.37. The van der Waals surface area contributed by atoms with Gasteiger partial charge in [-0.05, 0) is 50.5 Å². The number of carbonyl (C=O) groups is 1. The highest BCUT2D eigenvalue weighted by molar-refractivity contribution is 5.84. The molecule has 1 saturated carbocycles. The minimum Gasteiger partial charge on any atom is -0.497 e. The van der Waals surface area contributed by atoms with Gasteiger partial charge in [0.25, 0.3) is 5.91 Å². The van der Waals surface area contributed by atoms with Crippen molar-refractivity contribution in [3.63, 3.8) is 0 Å². The minimum atomic E-state index is -0.486. The monoisotopic (exact) mass is 312 g/mol. The van der Waals surface area contributed by atoms with Crippen LogP contribution in [0.2, 0.25) is 0 Å². The molecule has 0 unspecified atom stereocenters. The van der Waals surface area contributed by atoms with E-state index < -0.39 is 6.10 Å². The van der Waals surface area contributed by atoms with Crippen molar-refractivity contribution in [2.75, 3.05) is 7.11 Å². The van der Waals surface area contributed by atoms with Crippen LogP contribution < -0.4 is 9.47 Å². The van der Waals surface area contributed by atoms with Gasteiger partial charge >= 0.3 is 0 Å². The Balaban J connectivity index is 1.78. The van der Waals surface area contributed by atoms with Gasteiger partial charge in [-0.1, -0.05) is 0 Å². The van der Waals surface area contributed by atoms with Crippen LogP contribution in [0.4, 0.5) is 0 Å². The first-order valence-corrected chi connectivity index (χ1v) is 8.10. The maximum atomic E-state index is 12.6. The third kappa shape index (κ3) is 2.40. The average Bonchev–Trinajstić information content (AvgIpc) is 2.61.